The number of nitrogens with zero attached hydrogens (tertiary/aromatic N) is 1. The molecule has 17 nitrogen and oxygen atoms in total. The summed E-state index contributed by atoms with van der Waals surface area (Å²) in [4.78, 5) is 89.1. The first-order valence-corrected chi connectivity index (χ1v) is 10.4. The molecular weight excluding hydrogens is 484 g/mol. The van der Waals surface area contributed by atoms with Crippen molar-refractivity contribution in [2.75, 3.05) is 0 Å². The molecule has 1 heterocycles. The predicted molar refractivity (Wildman–Crippen MR) is 118 cm³/mol. The zero-order valence-corrected chi connectivity index (χ0v) is 18.9. The van der Waals surface area contributed by atoms with Crippen molar-refractivity contribution in [1.82, 2.24) is 25.9 Å². The molecule has 0 fully saturated rings. The molecule has 12 N–H and O–H groups in total. The van der Waals surface area contributed by atoms with Gasteiger partial charge in [0.25, 0.3) is 0 Å². The van der Waals surface area contributed by atoms with Crippen LogP contribution in [-0.4, -0.2) is 85.8 Å². The maximum Gasteiger partial charge on any atom is 0.326 e. The molecule has 1 aromatic rings. The second-order valence-electron chi connectivity index (χ2n) is 7.68. The zero-order chi connectivity index (χ0) is 27.4. The average molecular weight is 512 g/mol. The monoisotopic (exact) mass is 512 g/mol. The van der Waals surface area contributed by atoms with Crippen LogP contribution in [0.25, 0.3) is 0 Å². The van der Waals surface area contributed by atoms with E-state index in [0.717, 1.165) is 0 Å². The van der Waals surface area contributed by atoms with Crippen molar-refractivity contribution < 1.29 is 43.8 Å². The third-order valence-electron chi connectivity index (χ3n) is 4.68. The number of aromatic amines is 1. The lowest BCUT2D eigenvalue weighted by Crippen LogP contribution is -2.58. The molecule has 36 heavy (non-hydrogen) atoms. The normalized spacial score (nSPS) is 13.9. The second kappa shape index (κ2) is 14.0. The van der Waals surface area contributed by atoms with E-state index in [4.69, 9.17) is 22.3 Å². The molecule has 0 radical (unpaired) electrons. The molecule has 0 aliphatic heterocycles. The lowest BCUT2D eigenvalue weighted by Gasteiger charge is -2.24. The fraction of sp³-hybridized carbons (Fsp3) is 0.474. The zero-order valence-electron chi connectivity index (χ0n) is 18.9. The third-order valence-corrected chi connectivity index (χ3v) is 4.68. The number of primary amides is 2. The van der Waals surface area contributed by atoms with E-state index >= 15 is 0 Å². The van der Waals surface area contributed by atoms with Gasteiger partial charge in [0.15, 0.2) is 0 Å². The highest BCUT2D eigenvalue weighted by atomic mass is 16.4. The number of imidazole rings is 1. The first kappa shape index (κ1) is 29.5. The number of hydrogen-bond donors (Lipinski definition) is 9. The first-order chi connectivity index (χ1) is 16.8. The SMILES string of the molecule is NC(=O)CCC(NC(=O)C(Cc1cnc[nH]1)NC(=O)C(CC(N)=O)NC(=O)C(N)CC(=O)O)C(=O)O. The lowest BCUT2D eigenvalue weighted by molar-refractivity contribution is -0.142. The van der Waals surface area contributed by atoms with Crippen molar-refractivity contribution in [1.29, 1.82) is 0 Å². The quantitative estimate of drug-likeness (QED) is 0.101. The average Bonchev–Trinajstić information content (AvgIpc) is 3.27. The van der Waals surface area contributed by atoms with Crippen molar-refractivity contribution in [2.24, 2.45) is 17.2 Å². The second-order valence-corrected chi connectivity index (χ2v) is 7.68. The molecule has 4 unspecified atom stereocenters. The molecule has 0 aromatic carbocycles. The summed E-state index contributed by atoms with van der Waals surface area (Å²) in [5.74, 6) is -7.73. The van der Waals surface area contributed by atoms with Gasteiger partial charge >= 0.3 is 11.9 Å². The number of rotatable bonds is 16. The van der Waals surface area contributed by atoms with Crippen LogP contribution in [0.5, 0.6) is 0 Å². The molecule has 17 heteroatoms. The van der Waals surface area contributed by atoms with Gasteiger partial charge in [-0.3, -0.25) is 28.8 Å². The number of carbonyl (C=O) groups is 7. The Morgan fingerprint density at radius 3 is 1.94 bits per heavy atom. The Labute approximate surface area is 203 Å². The van der Waals surface area contributed by atoms with Gasteiger partial charge in [-0.15, -0.1) is 0 Å². The summed E-state index contributed by atoms with van der Waals surface area (Å²) in [6, 6.07) is -6.12. The highest BCUT2D eigenvalue weighted by molar-refractivity contribution is 5.96. The topological polar surface area (TPSA) is 303 Å². The molecule has 1 rings (SSSR count). The van der Waals surface area contributed by atoms with Gasteiger partial charge in [-0.25, -0.2) is 9.78 Å². The van der Waals surface area contributed by atoms with Crippen molar-refractivity contribution in [3.8, 4) is 0 Å². The fourth-order valence-electron chi connectivity index (χ4n) is 2.88. The number of aliphatic carboxylic acids is 2. The summed E-state index contributed by atoms with van der Waals surface area (Å²) < 4.78 is 0. The highest BCUT2D eigenvalue weighted by Crippen LogP contribution is 2.05. The minimum Gasteiger partial charge on any atom is -0.481 e. The smallest absolute Gasteiger partial charge is 0.326 e. The molecule has 198 valence electrons. The minimum atomic E-state index is -1.63. The van der Waals surface area contributed by atoms with Gasteiger partial charge < -0.3 is 48.3 Å². The van der Waals surface area contributed by atoms with Crippen LogP contribution in [0.15, 0.2) is 12.5 Å². The van der Waals surface area contributed by atoms with E-state index in [9.17, 15) is 38.7 Å². The number of carboxylic acids is 2. The van der Waals surface area contributed by atoms with Crippen molar-refractivity contribution in [3.05, 3.63) is 18.2 Å². The molecule has 0 saturated heterocycles. The number of hydrogen-bond acceptors (Lipinski definition) is 9. The number of aromatic nitrogens is 2. The summed E-state index contributed by atoms with van der Waals surface area (Å²) in [6.07, 6.45) is 0.285. The van der Waals surface area contributed by atoms with E-state index in [1.807, 2.05) is 0 Å². The van der Waals surface area contributed by atoms with E-state index in [0.29, 0.717) is 5.69 Å². The lowest BCUT2D eigenvalue weighted by atomic mass is 10.1. The van der Waals surface area contributed by atoms with Crippen LogP contribution in [0, 0.1) is 0 Å². The molecule has 1 aromatic heterocycles. The molecule has 4 atom stereocenters. The van der Waals surface area contributed by atoms with E-state index in [1.54, 1.807) is 0 Å². The van der Waals surface area contributed by atoms with Crippen LogP contribution in [0.1, 0.15) is 31.4 Å². The first-order valence-electron chi connectivity index (χ1n) is 10.4. The maximum absolute atomic E-state index is 12.9. The van der Waals surface area contributed by atoms with Crippen LogP contribution in [0.2, 0.25) is 0 Å². The summed E-state index contributed by atoms with van der Waals surface area (Å²) in [6.45, 7) is 0. The number of amides is 5. The summed E-state index contributed by atoms with van der Waals surface area (Å²) in [5.41, 5.74) is 16.0. The van der Waals surface area contributed by atoms with Gasteiger partial charge in [0.2, 0.25) is 29.5 Å². The standard InChI is InChI=1S/C19H28N8O9/c20-9(4-15(30)31)16(32)26-12(5-14(22)29)18(34)27-11(3-8-6-23-7-24-8)17(33)25-10(19(35)36)1-2-13(21)28/h6-7,9-12H,1-5,20H2,(H2,21,28)(H2,22,29)(H,23,24)(H,25,33)(H,26,32)(H,27,34)(H,30,31)(H,35,36). The van der Waals surface area contributed by atoms with E-state index in [2.05, 4.69) is 25.9 Å². The van der Waals surface area contributed by atoms with Crippen LogP contribution < -0.4 is 33.2 Å². The summed E-state index contributed by atoms with van der Waals surface area (Å²) in [5, 5.41) is 24.7. The Morgan fingerprint density at radius 2 is 1.44 bits per heavy atom. The molecule has 0 spiro atoms. The Bertz CT molecular complexity index is 982. The van der Waals surface area contributed by atoms with Crippen LogP contribution in [0.3, 0.4) is 0 Å². The summed E-state index contributed by atoms with van der Waals surface area (Å²) in [7, 11) is 0. The van der Waals surface area contributed by atoms with Crippen molar-refractivity contribution in [3.63, 3.8) is 0 Å². The van der Waals surface area contributed by atoms with Crippen LogP contribution in [0.4, 0.5) is 0 Å². The minimum absolute atomic E-state index is 0.213. The number of carbonyl (C=O) groups excluding carboxylic acids is 5. The Hall–Kier alpha value is -4.54. The van der Waals surface area contributed by atoms with Gasteiger partial charge in [0.05, 0.1) is 25.2 Å². The van der Waals surface area contributed by atoms with Crippen LogP contribution >= 0.6 is 0 Å². The van der Waals surface area contributed by atoms with Crippen LogP contribution in [-0.2, 0) is 40.0 Å². The van der Waals surface area contributed by atoms with E-state index in [1.165, 1.54) is 12.5 Å². The Balaban J connectivity index is 3.08. The fourth-order valence-corrected chi connectivity index (χ4v) is 2.88. The van der Waals surface area contributed by atoms with Gasteiger partial charge in [-0.05, 0) is 6.42 Å². The van der Waals surface area contributed by atoms with Gasteiger partial charge in [-0.1, -0.05) is 0 Å². The van der Waals surface area contributed by atoms with Crippen molar-refractivity contribution >= 4 is 41.5 Å². The summed E-state index contributed by atoms with van der Waals surface area (Å²) >= 11 is 0. The molecule has 5 amide bonds. The van der Waals surface area contributed by atoms with E-state index < -0.39 is 78.5 Å². The Kier molecular flexibility index (Phi) is 11.5. The molecule has 0 aliphatic carbocycles. The highest BCUT2D eigenvalue weighted by Gasteiger charge is 2.32. The number of carboxylic acid groups (broad SMARTS) is 2. The van der Waals surface area contributed by atoms with Gasteiger partial charge in [-0.2, -0.15) is 0 Å². The largest absolute Gasteiger partial charge is 0.481 e. The number of nitrogens with one attached hydrogen (secondary N) is 4. The van der Waals surface area contributed by atoms with Crippen molar-refractivity contribution in [2.45, 2.75) is 56.3 Å². The van der Waals surface area contributed by atoms with Gasteiger partial charge in [0, 0.05) is 24.7 Å². The predicted octanol–water partition coefficient (Wildman–Crippen LogP) is -4.57. The molecule has 0 bridgehead atoms. The third kappa shape index (κ3) is 10.6. The van der Waals surface area contributed by atoms with E-state index in [-0.39, 0.29) is 19.3 Å². The number of H-pyrrole nitrogens is 1. The Morgan fingerprint density at radius 1 is 0.861 bits per heavy atom. The maximum atomic E-state index is 12.9. The number of nitrogens with two attached hydrogens (primary N) is 3. The molecular formula is C19H28N8O9. The van der Waals surface area contributed by atoms with Gasteiger partial charge in [0.1, 0.15) is 18.1 Å². The molecule has 0 aliphatic rings. The molecule has 0 saturated carbocycles.